The van der Waals surface area contributed by atoms with Crippen LogP contribution >= 0.6 is 27.5 Å². The third kappa shape index (κ3) is 4.22. The fraction of sp³-hybridized carbons (Fsp3) is 0.647. The lowest BCUT2D eigenvalue weighted by Crippen LogP contribution is -2.42. The first-order valence-electron chi connectivity index (χ1n) is 7.72. The lowest BCUT2D eigenvalue weighted by atomic mass is 9.75. The summed E-state index contributed by atoms with van der Waals surface area (Å²) in [7, 11) is 0. The van der Waals surface area contributed by atoms with E-state index in [2.05, 4.69) is 47.7 Å². The highest BCUT2D eigenvalue weighted by atomic mass is 79.9. The van der Waals surface area contributed by atoms with Crippen molar-refractivity contribution >= 4 is 27.5 Å². The molecule has 2 N–H and O–H groups in total. The third-order valence-corrected chi connectivity index (χ3v) is 5.56. The molecule has 1 aromatic rings. The van der Waals surface area contributed by atoms with E-state index in [-0.39, 0.29) is 6.04 Å². The lowest BCUT2D eigenvalue weighted by Gasteiger charge is -2.42. The van der Waals surface area contributed by atoms with Gasteiger partial charge in [-0.1, -0.05) is 54.4 Å². The van der Waals surface area contributed by atoms with E-state index in [0.29, 0.717) is 12.0 Å². The first-order valence-corrected chi connectivity index (χ1v) is 8.89. The molecule has 118 valence electrons. The van der Waals surface area contributed by atoms with Crippen molar-refractivity contribution in [2.75, 3.05) is 19.6 Å². The number of rotatable bonds is 3. The number of piperidine rings is 1. The average molecular weight is 374 g/mol. The highest BCUT2D eigenvalue weighted by Crippen LogP contribution is 2.37. The van der Waals surface area contributed by atoms with Crippen molar-refractivity contribution in [2.24, 2.45) is 17.1 Å². The van der Waals surface area contributed by atoms with Crippen LogP contribution in [0.15, 0.2) is 22.7 Å². The van der Waals surface area contributed by atoms with Crippen LogP contribution < -0.4 is 5.73 Å². The van der Waals surface area contributed by atoms with Crippen molar-refractivity contribution in [1.82, 2.24) is 4.90 Å². The third-order valence-electron chi connectivity index (χ3n) is 4.74. The van der Waals surface area contributed by atoms with Crippen molar-refractivity contribution in [3.8, 4) is 0 Å². The summed E-state index contributed by atoms with van der Waals surface area (Å²) in [6.07, 6.45) is 2.49. The van der Waals surface area contributed by atoms with Crippen LogP contribution in [0.5, 0.6) is 0 Å². The topological polar surface area (TPSA) is 29.3 Å². The summed E-state index contributed by atoms with van der Waals surface area (Å²) >= 11 is 9.88. The second-order valence-corrected chi connectivity index (χ2v) is 8.42. The highest BCUT2D eigenvalue weighted by Gasteiger charge is 2.31. The van der Waals surface area contributed by atoms with Crippen molar-refractivity contribution in [2.45, 2.75) is 39.7 Å². The number of nitrogens with zero attached hydrogens (tertiary/aromatic N) is 1. The van der Waals surface area contributed by atoms with Gasteiger partial charge in [-0.05, 0) is 55.0 Å². The van der Waals surface area contributed by atoms with E-state index < -0.39 is 0 Å². The summed E-state index contributed by atoms with van der Waals surface area (Å²) in [6, 6.07) is 6.33. The van der Waals surface area contributed by atoms with Gasteiger partial charge in [0, 0.05) is 22.1 Å². The van der Waals surface area contributed by atoms with E-state index in [1.165, 1.54) is 12.8 Å². The first kappa shape index (κ1) is 17.3. The summed E-state index contributed by atoms with van der Waals surface area (Å²) in [5, 5.41) is 0.803. The van der Waals surface area contributed by atoms with Gasteiger partial charge in [-0.3, -0.25) is 4.90 Å². The van der Waals surface area contributed by atoms with Crippen molar-refractivity contribution < 1.29 is 0 Å². The Hall–Kier alpha value is -0.0900. The van der Waals surface area contributed by atoms with Gasteiger partial charge >= 0.3 is 0 Å². The Bertz CT molecular complexity index is 476. The van der Waals surface area contributed by atoms with E-state index in [0.717, 1.165) is 34.1 Å². The number of likely N-dealkylation sites (tertiary alicyclic amines) is 1. The molecular weight excluding hydrogens is 348 g/mol. The average Bonchev–Trinajstić information content (AvgIpc) is 2.41. The Morgan fingerprint density at radius 3 is 2.43 bits per heavy atom. The fourth-order valence-electron chi connectivity index (χ4n) is 3.32. The monoisotopic (exact) mass is 372 g/mol. The molecular formula is C17H26BrClN2. The van der Waals surface area contributed by atoms with Crippen LogP contribution in [-0.2, 0) is 0 Å². The van der Waals surface area contributed by atoms with Gasteiger partial charge in [0.2, 0.25) is 0 Å². The van der Waals surface area contributed by atoms with Gasteiger partial charge in [0.15, 0.2) is 0 Å². The van der Waals surface area contributed by atoms with Gasteiger partial charge in [0.1, 0.15) is 0 Å². The smallest absolute Gasteiger partial charge is 0.0485 e. The van der Waals surface area contributed by atoms with Gasteiger partial charge in [0.05, 0.1) is 0 Å². The van der Waals surface area contributed by atoms with Crippen LogP contribution in [0.3, 0.4) is 0 Å². The van der Waals surface area contributed by atoms with E-state index in [1.54, 1.807) is 0 Å². The van der Waals surface area contributed by atoms with Crippen molar-refractivity contribution in [1.29, 1.82) is 0 Å². The quantitative estimate of drug-likeness (QED) is 0.819. The molecule has 0 aromatic heterocycles. The molecule has 1 aliphatic rings. The zero-order valence-corrected chi connectivity index (χ0v) is 15.5. The normalized spacial score (nSPS) is 19.7. The van der Waals surface area contributed by atoms with Crippen LogP contribution in [0, 0.1) is 11.3 Å². The maximum atomic E-state index is 6.41. The zero-order valence-electron chi connectivity index (χ0n) is 13.2. The van der Waals surface area contributed by atoms with Crippen molar-refractivity contribution in [3.63, 3.8) is 0 Å². The molecule has 0 saturated carbocycles. The van der Waals surface area contributed by atoms with Gasteiger partial charge in [-0.25, -0.2) is 0 Å². The second kappa shape index (κ2) is 6.99. The minimum Gasteiger partial charge on any atom is -0.329 e. The molecule has 1 aromatic carbocycles. The van der Waals surface area contributed by atoms with Crippen LogP contribution in [0.1, 0.15) is 45.2 Å². The van der Waals surface area contributed by atoms with Crippen LogP contribution in [0.25, 0.3) is 0 Å². The van der Waals surface area contributed by atoms with Crippen LogP contribution in [0.4, 0.5) is 0 Å². The Balaban J connectivity index is 2.09. The molecule has 1 heterocycles. The predicted molar refractivity (Wildman–Crippen MR) is 94.7 cm³/mol. The van der Waals surface area contributed by atoms with E-state index in [1.807, 2.05) is 12.1 Å². The Morgan fingerprint density at radius 1 is 1.33 bits per heavy atom. The standard InChI is InChI=1S/C17H26BrClN2/c1-17(2,3)12-6-8-21(9-7-12)16(11-20)14-5-4-13(18)10-15(14)19/h4-5,10,12,16H,6-9,11,20H2,1-3H3. The number of hydrogen-bond acceptors (Lipinski definition) is 2. The summed E-state index contributed by atoms with van der Waals surface area (Å²) in [6.45, 7) is 9.87. The number of hydrogen-bond donors (Lipinski definition) is 1. The van der Waals surface area contributed by atoms with Gasteiger partial charge in [0.25, 0.3) is 0 Å². The summed E-state index contributed by atoms with van der Waals surface area (Å²) in [5.74, 6) is 0.799. The SMILES string of the molecule is CC(C)(C)C1CCN(C(CN)c2ccc(Br)cc2Cl)CC1. The minimum atomic E-state index is 0.228. The second-order valence-electron chi connectivity index (χ2n) is 7.09. The Kier molecular flexibility index (Phi) is 5.75. The maximum Gasteiger partial charge on any atom is 0.0485 e. The molecule has 0 spiro atoms. The van der Waals surface area contributed by atoms with Crippen LogP contribution in [0.2, 0.25) is 5.02 Å². The molecule has 0 radical (unpaired) electrons. The molecule has 1 saturated heterocycles. The molecule has 1 fully saturated rings. The highest BCUT2D eigenvalue weighted by molar-refractivity contribution is 9.10. The molecule has 21 heavy (non-hydrogen) atoms. The Morgan fingerprint density at radius 2 is 1.95 bits per heavy atom. The van der Waals surface area contributed by atoms with Crippen molar-refractivity contribution in [3.05, 3.63) is 33.3 Å². The van der Waals surface area contributed by atoms with E-state index >= 15 is 0 Å². The molecule has 0 aliphatic carbocycles. The summed E-state index contributed by atoms with van der Waals surface area (Å²) in [4.78, 5) is 2.50. The molecule has 0 amide bonds. The lowest BCUT2D eigenvalue weighted by molar-refractivity contribution is 0.0847. The molecule has 1 atom stereocenters. The summed E-state index contributed by atoms with van der Waals surface area (Å²) in [5.41, 5.74) is 7.60. The van der Waals surface area contributed by atoms with E-state index in [9.17, 15) is 0 Å². The maximum absolute atomic E-state index is 6.41. The number of halogens is 2. The number of nitrogens with two attached hydrogens (primary N) is 1. The van der Waals surface area contributed by atoms with Crippen LogP contribution in [-0.4, -0.2) is 24.5 Å². The minimum absolute atomic E-state index is 0.228. The fourth-order valence-corrected chi connectivity index (χ4v) is 4.12. The predicted octanol–water partition coefficient (Wildman–Crippen LogP) is 4.86. The largest absolute Gasteiger partial charge is 0.329 e. The van der Waals surface area contributed by atoms with Gasteiger partial charge in [-0.2, -0.15) is 0 Å². The molecule has 1 aliphatic heterocycles. The van der Waals surface area contributed by atoms with E-state index in [4.69, 9.17) is 17.3 Å². The number of benzene rings is 1. The zero-order chi connectivity index (χ0) is 15.6. The van der Waals surface area contributed by atoms with Gasteiger partial charge in [-0.15, -0.1) is 0 Å². The molecule has 0 bridgehead atoms. The molecule has 4 heteroatoms. The molecule has 2 nitrogen and oxygen atoms in total. The first-order chi connectivity index (χ1) is 9.82. The summed E-state index contributed by atoms with van der Waals surface area (Å²) < 4.78 is 1.01. The Labute approximate surface area is 142 Å². The molecule has 2 rings (SSSR count). The molecule has 1 unspecified atom stereocenters. The van der Waals surface area contributed by atoms with Gasteiger partial charge < -0.3 is 5.73 Å².